The quantitative estimate of drug-likeness (QED) is 0.758. The van der Waals surface area contributed by atoms with Gasteiger partial charge in [0.1, 0.15) is 5.75 Å². The first kappa shape index (κ1) is 16.4. The summed E-state index contributed by atoms with van der Waals surface area (Å²) in [6.45, 7) is 4.30. The SMILES string of the molecule is CCC(CC)(C(=O)NCc1ccc(OC)cc1)C(N)=S. The number of rotatable bonds is 7. The maximum absolute atomic E-state index is 12.4. The Morgan fingerprint density at radius 3 is 2.25 bits per heavy atom. The van der Waals surface area contributed by atoms with E-state index in [0.717, 1.165) is 11.3 Å². The fraction of sp³-hybridized carbons (Fsp3) is 0.467. The van der Waals surface area contributed by atoms with Gasteiger partial charge in [0, 0.05) is 6.54 Å². The van der Waals surface area contributed by atoms with E-state index in [1.54, 1.807) is 7.11 Å². The molecule has 1 rings (SSSR count). The first-order chi connectivity index (χ1) is 9.50. The van der Waals surface area contributed by atoms with Crippen LogP contribution in [0.3, 0.4) is 0 Å². The van der Waals surface area contributed by atoms with Gasteiger partial charge in [-0.1, -0.05) is 38.2 Å². The van der Waals surface area contributed by atoms with Crippen LogP contribution in [0.1, 0.15) is 32.3 Å². The maximum Gasteiger partial charge on any atom is 0.233 e. The lowest BCUT2D eigenvalue weighted by Gasteiger charge is -2.28. The number of thiocarbonyl (C=S) groups is 1. The number of hydrogen-bond acceptors (Lipinski definition) is 3. The van der Waals surface area contributed by atoms with Gasteiger partial charge in [-0.25, -0.2) is 0 Å². The summed E-state index contributed by atoms with van der Waals surface area (Å²) in [4.78, 5) is 12.6. The van der Waals surface area contributed by atoms with Gasteiger partial charge < -0.3 is 15.8 Å². The number of benzene rings is 1. The Hall–Kier alpha value is -1.62. The van der Waals surface area contributed by atoms with E-state index in [0.29, 0.717) is 19.4 Å². The average molecular weight is 294 g/mol. The second-order valence-electron chi connectivity index (χ2n) is 4.68. The van der Waals surface area contributed by atoms with Gasteiger partial charge in [0.05, 0.1) is 17.5 Å². The monoisotopic (exact) mass is 294 g/mol. The van der Waals surface area contributed by atoms with Crippen LogP contribution in [0.2, 0.25) is 0 Å². The summed E-state index contributed by atoms with van der Waals surface area (Å²) < 4.78 is 5.09. The third-order valence-corrected chi connectivity index (χ3v) is 4.12. The Labute approximate surface area is 125 Å². The lowest BCUT2D eigenvalue weighted by Crippen LogP contribution is -2.48. The number of nitrogens with two attached hydrogens (primary N) is 1. The van der Waals surface area contributed by atoms with Crippen LogP contribution in [0.5, 0.6) is 5.75 Å². The first-order valence-electron chi connectivity index (χ1n) is 6.71. The summed E-state index contributed by atoms with van der Waals surface area (Å²) in [5.74, 6) is 0.686. The number of nitrogens with one attached hydrogen (secondary N) is 1. The topological polar surface area (TPSA) is 64.3 Å². The Morgan fingerprint density at radius 2 is 1.85 bits per heavy atom. The number of carbonyl (C=O) groups is 1. The molecular formula is C15H22N2O2S. The van der Waals surface area contributed by atoms with E-state index in [1.807, 2.05) is 38.1 Å². The van der Waals surface area contributed by atoms with Gasteiger partial charge in [-0.2, -0.15) is 0 Å². The number of methoxy groups -OCH3 is 1. The molecule has 0 saturated heterocycles. The van der Waals surface area contributed by atoms with Crippen LogP contribution in [-0.4, -0.2) is 18.0 Å². The van der Waals surface area contributed by atoms with E-state index in [4.69, 9.17) is 22.7 Å². The van der Waals surface area contributed by atoms with Gasteiger partial charge >= 0.3 is 0 Å². The van der Waals surface area contributed by atoms with Crippen LogP contribution in [0.15, 0.2) is 24.3 Å². The van der Waals surface area contributed by atoms with E-state index in [-0.39, 0.29) is 10.9 Å². The molecule has 0 atom stereocenters. The van der Waals surface area contributed by atoms with Crippen LogP contribution in [0, 0.1) is 5.41 Å². The minimum Gasteiger partial charge on any atom is -0.497 e. The van der Waals surface area contributed by atoms with E-state index in [1.165, 1.54) is 0 Å². The van der Waals surface area contributed by atoms with Crippen molar-refractivity contribution < 1.29 is 9.53 Å². The molecule has 0 spiro atoms. The summed E-state index contributed by atoms with van der Waals surface area (Å²) in [5.41, 5.74) is 6.01. The van der Waals surface area contributed by atoms with Crippen molar-refractivity contribution in [1.29, 1.82) is 0 Å². The molecular weight excluding hydrogens is 272 g/mol. The van der Waals surface area contributed by atoms with Crippen molar-refractivity contribution in [3.05, 3.63) is 29.8 Å². The summed E-state index contributed by atoms with van der Waals surface area (Å²) in [6.07, 6.45) is 1.21. The number of amides is 1. The van der Waals surface area contributed by atoms with Gasteiger partial charge in [-0.15, -0.1) is 0 Å². The van der Waals surface area contributed by atoms with E-state index in [9.17, 15) is 4.79 Å². The van der Waals surface area contributed by atoms with Crippen LogP contribution < -0.4 is 15.8 Å². The first-order valence-corrected chi connectivity index (χ1v) is 7.12. The zero-order valence-electron chi connectivity index (χ0n) is 12.2. The average Bonchev–Trinajstić information content (AvgIpc) is 2.47. The third kappa shape index (κ3) is 3.48. The molecule has 3 N–H and O–H groups in total. The molecule has 1 aromatic rings. The van der Waals surface area contributed by atoms with Crippen molar-refractivity contribution in [2.24, 2.45) is 11.1 Å². The number of hydrogen-bond donors (Lipinski definition) is 2. The normalized spacial score (nSPS) is 10.9. The van der Waals surface area contributed by atoms with Crippen LogP contribution in [0.4, 0.5) is 0 Å². The minimum absolute atomic E-state index is 0.106. The lowest BCUT2D eigenvalue weighted by molar-refractivity contribution is -0.128. The molecule has 0 aliphatic heterocycles. The smallest absolute Gasteiger partial charge is 0.233 e. The van der Waals surface area contributed by atoms with Gasteiger partial charge in [0.15, 0.2) is 0 Å². The zero-order valence-corrected chi connectivity index (χ0v) is 13.0. The predicted molar refractivity (Wildman–Crippen MR) is 84.6 cm³/mol. The molecule has 20 heavy (non-hydrogen) atoms. The maximum atomic E-state index is 12.4. The van der Waals surface area contributed by atoms with Gasteiger partial charge in [0.2, 0.25) is 5.91 Å². The Kier molecular flexibility index (Phi) is 5.95. The largest absolute Gasteiger partial charge is 0.497 e. The molecule has 0 aliphatic carbocycles. The summed E-state index contributed by atoms with van der Waals surface area (Å²) >= 11 is 5.07. The van der Waals surface area contributed by atoms with Crippen molar-refractivity contribution in [3.8, 4) is 5.75 Å². The number of carbonyl (C=O) groups excluding carboxylic acids is 1. The van der Waals surface area contributed by atoms with Crippen molar-refractivity contribution in [2.45, 2.75) is 33.2 Å². The van der Waals surface area contributed by atoms with E-state index in [2.05, 4.69) is 5.32 Å². The molecule has 0 saturated carbocycles. The van der Waals surface area contributed by atoms with Crippen LogP contribution in [0.25, 0.3) is 0 Å². The van der Waals surface area contributed by atoms with Crippen molar-refractivity contribution in [2.75, 3.05) is 7.11 Å². The highest BCUT2D eigenvalue weighted by Gasteiger charge is 2.37. The van der Waals surface area contributed by atoms with Gasteiger partial charge in [-0.05, 0) is 30.5 Å². The Balaban J connectivity index is 2.72. The molecule has 1 amide bonds. The molecule has 0 radical (unpaired) electrons. The molecule has 0 aliphatic rings. The van der Waals surface area contributed by atoms with Crippen molar-refractivity contribution in [3.63, 3.8) is 0 Å². The molecule has 0 aromatic heterocycles. The molecule has 110 valence electrons. The summed E-state index contributed by atoms with van der Waals surface area (Å²) in [5, 5.41) is 2.91. The second kappa shape index (κ2) is 7.24. The predicted octanol–water partition coefficient (Wildman–Crippen LogP) is 2.40. The second-order valence-corrected chi connectivity index (χ2v) is 5.12. The van der Waals surface area contributed by atoms with E-state index < -0.39 is 5.41 Å². The van der Waals surface area contributed by atoms with Gasteiger partial charge in [-0.3, -0.25) is 4.79 Å². The third-order valence-electron chi connectivity index (χ3n) is 3.73. The van der Waals surface area contributed by atoms with Crippen LogP contribution in [-0.2, 0) is 11.3 Å². The fourth-order valence-corrected chi connectivity index (χ4v) is 2.51. The molecule has 0 heterocycles. The van der Waals surface area contributed by atoms with E-state index >= 15 is 0 Å². The molecule has 0 bridgehead atoms. The zero-order chi connectivity index (χ0) is 15.2. The lowest BCUT2D eigenvalue weighted by atomic mass is 9.81. The molecule has 0 fully saturated rings. The summed E-state index contributed by atoms with van der Waals surface area (Å²) in [6, 6.07) is 7.56. The standard InChI is InChI=1S/C15H22N2O2S/c1-4-15(5-2,13(16)20)14(18)17-10-11-6-8-12(19-3)9-7-11/h6-9H,4-5,10H2,1-3H3,(H2,16,20)(H,17,18). The van der Waals surface area contributed by atoms with Crippen molar-refractivity contribution >= 4 is 23.1 Å². The van der Waals surface area contributed by atoms with Crippen LogP contribution >= 0.6 is 12.2 Å². The fourth-order valence-electron chi connectivity index (χ4n) is 2.13. The van der Waals surface area contributed by atoms with Crippen molar-refractivity contribution in [1.82, 2.24) is 5.32 Å². The summed E-state index contributed by atoms with van der Waals surface area (Å²) in [7, 11) is 1.62. The van der Waals surface area contributed by atoms with Gasteiger partial charge in [0.25, 0.3) is 0 Å². The Morgan fingerprint density at radius 1 is 1.30 bits per heavy atom. The number of ether oxygens (including phenoxy) is 1. The Bertz CT molecular complexity index is 467. The highest BCUT2D eigenvalue weighted by molar-refractivity contribution is 7.80. The molecule has 0 unspecified atom stereocenters. The molecule has 1 aromatic carbocycles. The highest BCUT2D eigenvalue weighted by atomic mass is 32.1. The molecule has 4 nitrogen and oxygen atoms in total. The molecule has 5 heteroatoms. The highest BCUT2D eigenvalue weighted by Crippen LogP contribution is 2.27. The minimum atomic E-state index is -0.748.